The highest BCUT2D eigenvalue weighted by atomic mass is 32.2. The number of aryl methyl sites for hydroxylation is 2. The molecule has 4 rings (SSSR count). The maximum atomic E-state index is 14.5. The standard InChI is InChI=1S/C22H22F4N4OS2/c1-7-33(31)18-16(29-30-13(5)11(3)10(2)12(4)17(18)30)20-28-15-8-14(9-27-19(15)32-20)21(6,23)22(24,25)26/h8-9H,7H2,1-6H3. The van der Waals surface area contributed by atoms with E-state index < -0.39 is 28.2 Å². The third-order valence-corrected chi connectivity index (χ3v) is 8.55. The van der Waals surface area contributed by atoms with E-state index in [1.54, 1.807) is 11.4 Å². The number of pyridine rings is 2. The van der Waals surface area contributed by atoms with Gasteiger partial charge in [0.2, 0.25) is 5.67 Å². The number of rotatable bonds is 4. The van der Waals surface area contributed by atoms with Gasteiger partial charge in [-0.3, -0.25) is 4.21 Å². The van der Waals surface area contributed by atoms with Crippen LogP contribution in [0.3, 0.4) is 0 Å². The van der Waals surface area contributed by atoms with E-state index in [1.165, 1.54) is 0 Å². The second-order valence-electron chi connectivity index (χ2n) is 8.10. The minimum Gasteiger partial charge on any atom is -0.254 e. The number of aromatic nitrogens is 4. The topological polar surface area (TPSA) is 60.2 Å². The summed E-state index contributed by atoms with van der Waals surface area (Å²) >= 11 is 1.12. The highest BCUT2D eigenvalue weighted by molar-refractivity contribution is 7.85. The maximum Gasteiger partial charge on any atom is 0.426 e. The van der Waals surface area contributed by atoms with E-state index in [1.807, 2.05) is 27.7 Å². The Hall–Kier alpha value is -2.40. The van der Waals surface area contributed by atoms with Gasteiger partial charge in [-0.05, 0) is 57.4 Å². The fraction of sp³-hybridized carbons (Fsp3) is 0.409. The Labute approximate surface area is 194 Å². The Balaban J connectivity index is 1.99. The van der Waals surface area contributed by atoms with Gasteiger partial charge in [-0.1, -0.05) is 18.3 Å². The Morgan fingerprint density at radius 3 is 2.36 bits per heavy atom. The summed E-state index contributed by atoms with van der Waals surface area (Å²) in [6.07, 6.45) is -4.20. The minimum atomic E-state index is -5.08. The SMILES string of the molecule is CCS(=O)c1c(-c2nc3cc(C(C)(F)C(F)(F)F)cnc3s2)nn2c(C)c(C)c(C)c(C)c12. The van der Waals surface area contributed by atoms with Crippen LogP contribution in [0.25, 0.3) is 26.6 Å². The number of nitrogens with zero attached hydrogens (tertiary/aromatic N) is 4. The van der Waals surface area contributed by atoms with Gasteiger partial charge < -0.3 is 0 Å². The first kappa shape index (κ1) is 23.7. The number of thiazole rings is 1. The zero-order valence-electron chi connectivity index (χ0n) is 18.9. The molecule has 0 spiro atoms. The molecular weight excluding hydrogens is 476 g/mol. The molecule has 2 atom stereocenters. The van der Waals surface area contributed by atoms with Crippen molar-refractivity contribution in [3.8, 4) is 10.7 Å². The average molecular weight is 499 g/mol. The predicted molar refractivity (Wildman–Crippen MR) is 122 cm³/mol. The van der Waals surface area contributed by atoms with Crippen molar-refractivity contribution in [2.24, 2.45) is 0 Å². The summed E-state index contributed by atoms with van der Waals surface area (Å²) in [6, 6.07) is 1.06. The van der Waals surface area contributed by atoms with Crippen LogP contribution < -0.4 is 0 Å². The lowest BCUT2D eigenvalue weighted by atomic mass is 9.99. The van der Waals surface area contributed by atoms with Crippen LogP contribution in [0.4, 0.5) is 17.6 Å². The monoisotopic (exact) mass is 498 g/mol. The molecule has 4 aromatic rings. The normalized spacial score (nSPS) is 15.3. The highest BCUT2D eigenvalue weighted by Crippen LogP contribution is 2.43. The van der Waals surface area contributed by atoms with Gasteiger partial charge in [-0.2, -0.15) is 18.3 Å². The molecule has 0 aliphatic heterocycles. The van der Waals surface area contributed by atoms with Gasteiger partial charge in [0, 0.05) is 23.2 Å². The summed E-state index contributed by atoms with van der Waals surface area (Å²) in [5.41, 5.74) is 1.08. The van der Waals surface area contributed by atoms with Gasteiger partial charge in [0.25, 0.3) is 0 Å². The quantitative estimate of drug-likeness (QED) is 0.318. The molecule has 176 valence electrons. The smallest absolute Gasteiger partial charge is 0.254 e. The molecule has 0 radical (unpaired) electrons. The lowest BCUT2D eigenvalue weighted by molar-refractivity contribution is -0.228. The summed E-state index contributed by atoms with van der Waals surface area (Å²) in [5, 5.41) is 5.08. The van der Waals surface area contributed by atoms with E-state index in [2.05, 4.69) is 9.97 Å². The molecule has 33 heavy (non-hydrogen) atoms. The zero-order chi connectivity index (χ0) is 24.5. The molecule has 0 N–H and O–H groups in total. The predicted octanol–water partition coefficient (Wildman–Crippen LogP) is 6.11. The summed E-state index contributed by atoms with van der Waals surface area (Å²) in [5.74, 6) is 0.360. The number of hydrogen-bond donors (Lipinski definition) is 0. The van der Waals surface area contributed by atoms with Gasteiger partial charge >= 0.3 is 6.18 Å². The van der Waals surface area contributed by atoms with E-state index in [0.29, 0.717) is 33.1 Å². The molecule has 4 heterocycles. The zero-order valence-corrected chi connectivity index (χ0v) is 20.5. The molecule has 0 aliphatic rings. The molecule has 0 fully saturated rings. The van der Waals surface area contributed by atoms with Crippen molar-refractivity contribution >= 4 is 38.0 Å². The van der Waals surface area contributed by atoms with Crippen molar-refractivity contribution in [2.75, 3.05) is 5.75 Å². The van der Waals surface area contributed by atoms with E-state index in [-0.39, 0.29) is 5.52 Å². The largest absolute Gasteiger partial charge is 0.426 e. The summed E-state index contributed by atoms with van der Waals surface area (Å²) in [7, 11) is -1.38. The van der Waals surface area contributed by atoms with Gasteiger partial charge in [0.1, 0.15) is 21.0 Å². The molecule has 4 aromatic heterocycles. The van der Waals surface area contributed by atoms with Crippen LogP contribution >= 0.6 is 11.3 Å². The van der Waals surface area contributed by atoms with Gasteiger partial charge in [-0.25, -0.2) is 18.9 Å². The first-order chi connectivity index (χ1) is 15.3. The number of halogens is 4. The first-order valence-electron chi connectivity index (χ1n) is 10.2. The minimum absolute atomic E-state index is 0.131. The molecule has 5 nitrogen and oxygen atoms in total. The Morgan fingerprint density at radius 1 is 1.09 bits per heavy atom. The van der Waals surface area contributed by atoms with Crippen molar-refractivity contribution in [3.63, 3.8) is 0 Å². The molecule has 0 aliphatic carbocycles. The lowest BCUT2D eigenvalue weighted by Crippen LogP contribution is -2.35. The van der Waals surface area contributed by atoms with Crippen molar-refractivity contribution in [1.29, 1.82) is 0 Å². The fourth-order valence-corrected chi connectivity index (χ4v) is 5.75. The van der Waals surface area contributed by atoms with E-state index >= 15 is 0 Å². The lowest BCUT2D eigenvalue weighted by Gasteiger charge is -2.23. The van der Waals surface area contributed by atoms with Crippen LogP contribution in [0.15, 0.2) is 17.2 Å². The van der Waals surface area contributed by atoms with E-state index in [4.69, 9.17) is 5.10 Å². The van der Waals surface area contributed by atoms with Crippen molar-refractivity contribution in [3.05, 3.63) is 40.2 Å². The Kier molecular flexibility index (Phi) is 5.64. The highest BCUT2D eigenvalue weighted by Gasteiger charge is 2.53. The first-order valence-corrected chi connectivity index (χ1v) is 12.3. The van der Waals surface area contributed by atoms with E-state index in [9.17, 15) is 21.8 Å². The Morgan fingerprint density at radius 2 is 1.76 bits per heavy atom. The van der Waals surface area contributed by atoms with Crippen molar-refractivity contribution in [1.82, 2.24) is 19.6 Å². The van der Waals surface area contributed by atoms with Crippen LogP contribution in [-0.4, -0.2) is 35.7 Å². The summed E-state index contributed by atoms with van der Waals surface area (Å²) in [6.45, 7) is 10.1. The molecular formula is C22H22F4N4OS2. The van der Waals surface area contributed by atoms with Crippen LogP contribution in [0.2, 0.25) is 0 Å². The number of hydrogen-bond acceptors (Lipinski definition) is 5. The molecule has 0 saturated carbocycles. The number of fused-ring (bicyclic) bond motifs is 2. The third kappa shape index (κ3) is 3.56. The van der Waals surface area contributed by atoms with Crippen molar-refractivity contribution in [2.45, 2.75) is 58.3 Å². The van der Waals surface area contributed by atoms with Crippen molar-refractivity contribution < 1.29 is 21.8 Å². The summed E-state index contributed by atoms with van der Waals surface area (Å²) in [4.78, 5) is 9.33. The Bertz CT molecular complexity index is 1440. The van der Waals surface area contributed by atoms with E-state index in [0.717, 1.165) is 51.5 Å². The van der Waals surface area contributed by atoms with Crippen LogP contribution in [0.5, 0.6) is 0 Å². The van der Waals surface area contributed by atoms with Gasteiger partial charge in [-0.15, -0.1) is 0 Å². The molecule has 0 aromatic carbocycles. The third-order valence-electron chi connectivity index (χ3n) is 6.20. The number of alkyl halides is 4. The molecule has 0 saturated heterocycles. The molecule has 11 heteroatoms. The average Bonchev–Trinajstić information content (AvgIpc) is 3.36. The van der Waals surface area contributed by atoms with Crippen LogP contribution in [0, 0.1) is 27.7 Å². The van der Waals surface area contributed by atoms with Crippen LogP contribution in [0.1, 0.15) is 41.8 Å². The molecule has 0 bridgehead atoms. The second kappa shape index (κ2) is 7.83. The van der Waals surface area contributed by atoms with Gasteiger partial charge in [0.15, 0.2) is 0 Å². The van der Waals surface area contributed by atoms with Gasteiger partial charge in [0.05, 0.1) is 21.2 Å². The van der Waals surface area contributed by atoms with Crippen LogP contribution in [-0.2, 0) is 16.5 Å². The maximum absolute atomic E-state index is 14.5. The molecule has 2 unspecified atom stereocenters. The molecule has 0 amide bonds. The second-order valence-corrected chi connectivity index (χ2v) is 10.8. The summed E-state index contributed by atoms with van der Waals surface area (Å²) < 4.78 is 68.8. The fourth-order valence-electron chi connectivity index (χ4n) is 3.71.